The van der Waals surface area contributed by atoms with Gasteiger partial charge >= 0.3 is 0 Å². The van der Waals surface area contributed by atoms with E-state index in [4.69, 9.17) is 6.42 Å². The van der Waals surface area contributed by atoms with E-state index in [-0.39, 0.29) is 0 Å². The molecule has 96 valence electrons. The minimum absolute atomic E-state index is 0.329. The minimum Gasteiger partial charge on any atom is -0.337 e. The van der Waals surface area contributed by atoms with Crippen molar-refractivity contribution in [2.75, 3.05) is 4.90 Å². The van der Waals surface area contributed by atoms with Gasteiger partial charge in [0.05, 0.1) is 0 Å². The van der Waals surface area contributed by atoms with E-state index in [9.17, 15) is 0 Å². The molecule has 19 heavy (non-hydrogen) atoms. The molecule has 1 nitrogen and oxygen atoms in total. The topological polar surface area (TPSA) is 3.24 Å². The zero-order chi connectivity index (χ0) is 13.5. The second-order valence-corrected chi connectivity index (χ2v) is 4.51. The molecule has 1 atom stereocenters. The largest absolute Gasteiger partial charge is 0.337 e. The predicted molar refractivity (Wildman–Crippen MR) is 82.6 cm³/mol. The number of rotatable bonds is 5. The van der Waals surface area contributed by atoms with E-state index in [1.807, 2.05) is 12.1 Å². The first-order valence-corrected chi connectivity index (χ1v) is 6.69. The van der Waals surface area contributed by atoms with Crippen molar-refractivity contribution >= 4 is 11.4 Å². The molecule has 0 saturated carbocycles. The molecule has 0 heterocycles. The predicted octanol–water partition coefficient (Wildman–Crippen LogP) is 4.63. The molecule has 2 aromatic carbocycles. The van der Waals surface area contributed by atoms with Crippen LogP contribution in [0.15, 0.2) is 60.7 Å². The van der Waals surface area contributed by atoms with Crippen LogP contribution in [0.3, 0.4) is 0 Å². The Hall–Kier alpha value is -2.20. The normalized spacial score (nSPS) is 11.6. The van der Waals surface area contributed by atoms with Gasteiger partial charge in [-0.25, -0.2) is 0 Å². The van der Waals surface area contributed by atoms with Gasteiger partial charge in [-0.15, -0.1) is 12.3 Å². The number of hydrogen-bond donors (Lipinski definition) is 0. The Bertz CT molecular complexity index is 485. The Morgan fingerprint density at radius 2 is 1.42 bits per heavy atom. The van der Waals surface area contributed by atoms with Crippen molar-refractivity contribution in [2.24, 2.45) is 0 Å². The van der Waals surface area contributed by atoms with Crippen LogP contribution in [0.25, 0.3) is 0 Å². The molecule has 1 heteroatoms. The average molecular weight is 249 g/mol. The number of hydrogen-bond acceptors (Lipinski definition) is 1. The SMILES string of the molecule is C#CCC(CC)N(c1ccccc1)c1ccccc1. The van der Waals surface area contributed by atoms with Crippen LogP contribution < -0.4 is 4.90 Å². The lowest BCUT2D eigenvalue weighted by Crippen LogP contribution is -2.30. The van der Waals surface area contributed by atoms with Gasteiger partial charge < -0.3 is 4.90 Å². The second-order valence-electron chi connectivity index (χ2n) is 4.51. The molecule has 0 N–H and O–H groups in total. The lowest BCUT2D eigenvalue weighted by molar-refractivity contribution is 0.647. The van der Waals surface area contributed by atoms with Gasteiger partial charge in [0.2, 0.25) is 0 Å². The Balaban J connectivity index is 2.42. The van der Waals surface area contributed by atoms with E-state index in [0.29, 0.717) is 6.04 Å². The quantitative estimate of drug-likeness (QED) is 0.698. The van der Waals surface area contributed by atoms with Gasteiger partial charge in [-0.2, -0.15) is 0 Å². The van der Waals surface area contributed by atoms with Crippen molar-refractivity contribution in [1.29, 1.82) is 0 Å². The van der Waals surface area contributed by atoms with Gasteiger partial charge in [-0.3, -0.25) is 0 Å². The first kappa shape index (κ1) is 13.2. The highest BCUT2D eigenvalue weighted by Crippen LogP contribution is 2.29. The van der Waals surface area contributed by atoms with Crippen LogP contribution in [-0.2, 0) is 0 Å². The molecule has 0 radical (unpaired) electrons. The lowest BCUT2D eigenvalue weighted by Gasteiger charge is -2.32. The highest BCUT2D eigenvalue weighted by atomic mass is 15.2. The minimum atomic E-state index is 0.329. The number of anilines is 2. The van der Waals surface area contributed by atoms with E-state index in [0.717, 1.165) is 12.8 Å². The smallest absolute Gasteiger partial charge is 0.0448 e. The van der Waals surface area contributed by atoms with Crippen molar-refractivity contribution in [3.05, 3.63) is 60.7 Å². The highest BCUT2D eigenvalue weighted by molar-refractivity contribution is 5.64. The number of terminal acetylenes is 1. The van der Waals surface area contributed by atoms with E-state index in [1.165, 1.54) is 11.4 Å². The zero-order valence-electron chi connectivity index (χ0n) is 11.3. The van der Waals surface area contributed by atoms with Crippen molar-refractivity contribution in [3.63, 3.8) is 0 Å². The standard InChI is InChI=1S/C18H19N/c1-3-11-16(4-2)19(17-12-7-5-8-13-17)18-14-9-6-10-15-18/h1,5-10,12-16H,4,11H2,2H3. The monoisotopic (exact) mass is 249 g/mol. The van der Waals surface area contributed by atoms with E-state index >= 15 is 0 Å². The zero-order valence-corrected chi connectivity index (χ0v) is 11.3. The second kappa shape index (κ2) is 6.66. The molecular formula is C18H19N. The fourth-order valence-corrected chi connectivity index (χ4v) is 2.30. The van der Waals surface area contributed by atoms with Crippen molar-refractivity contribution in [3.8, 4) is 12.3 Å². The molecule has 0 aromatic heterocycles. The molecule has 0 aliphatic carbocycles. The maximum Gasteiger partial charge on any atom is 0.0448 e. The van der Waals surface area contributed by atoms with Gasteiger partial charge in [0, 0.05) is 23.8 Å². The highest BCUT2D eigenvalue weighted by Gasteiger charge is 2.17. The molecule has 2 aromatic rings. The first-order chi connectivity index (χ1) is 9.36. The summed E-state index contributed by atoms with van der Waals surface area (Å²) < 4.78 is 0. The molecule has 0 saturated heterocycles. The maximum atomic E-state index is 5.52. The number of para-hydroxylation sites is 2. The summed E-state index contributed by atoms with van der Waals surface area (Å²) in [6.45, 7) is 2.18. The van der Waals surface area contributed by atoms with Crippen molar-refractivity contribution in [1.82, 2.24) is 0 Å². The van der Waals surface area contributed by atoms with Gasteiger partial charge in [0.25, 0.3) is 0 Å². The van der Waals surface area contributed by atoms with Crippen LogP contribution in [-0.4, -0.2) is 6.04 Å². The van der Waals surface area contributed by atoms with E-state index in [2.05, 4.69) is 66.3 Å². The van der Waals surface area contributed by atoms with Gasteiger partial charge in [-0.05, 0) is 30.7 Å². The summed E-state index contributed by atoms with van der Waals surface area (Å²) in [6.07, 6.45) is 7.29. The molecule has 1 unspecified atom stereocenters. The lowest BCUT2D eigenvalue weighted by atomic mass is 10.1. The Kier molecular flexibility index (Phi) is 4.64. The first-order valence-electron chi connectivity index (χ1n) is 6.69. The van der Waals surface area contributed by atoms with Crippen molar-refractivity contribution < 1.29 is 0 Å². The van der Waals surface area contributed by atoms with Crippen LogP contribution in [0.1, 0.15) is 19.8 Å². The third kappa shape index (κ3) is 3.17. The summed E-state index contributed by atoms with van der Waals surface area (Å²) in [5.74, 6) is 2.80. The number of nitrogens with zero attached hydrogens (tertiary/aromatic N) is 1. The average Bonchev–Trinajstić information content (AvgIpc) is 2.49. The van der Waals surface area contributed by atoms with Gasteiger partial charge in [0.1, 0.15) is 0 Å². The van der Waals surface area contributed by atoms with Gasteiger partial charge in [0.15, 0.2) is 0 Å². The maximum absolute atomic E-state index is 5.52. The molecule has 0 amide bonds. The van der Waals surface area contributed by atoms with Gasteiger partial charge in [-0.1, -0.05) is 43.3 Å². The van der Waals surface area contributed by atoms with Crippen LogP contribution in [0.5, 0.6) is 0 Å². The van der Waals surface area contributed by atoms with E-state index < -0.39 is 0 Å². The molecule has 2 rings (SSSR count). The van der Waals surface area contributed by atoms with Crippen LogP contribution in [0, 0.1) is 12.3 Å². The van der Waals surface area contributed by atoms with Crippen LogP contribution in [0.4, 0.5) is 11.4 Å². The summed E-state index contributed by atoms with van der Waals surface area (Å²) in [5.41, 5.74) is 2.38. The summed E-state index contributed by atoms with van der Waals surface area (Å²) in [6, 6.07) is 21.2. The molecule has 0 aliphatic rings. The summed E-state index contributed by atoms with van der Waals surface area (Å²) in [5, 5.41) is 0. The summed E-state index contributed by atoms with van der Waals surface area (Å²) >= 11 is 0. The van der Waals surface area contributed by atoms with Crippen molar-refractivity contribution in [2.45, 2.75) is 25.8 Å². The van der Waals surface area contributed by atoms with E-state index in [1.54, 1.807) is 0 Å². The van der Waals surface area contributed by atoms with Crippen LogP contribution >= 0.6 is 0 Å². The summed E-state index contributed by atoms with van der Waals surface area (Å²) in [7, 11) is 0. The Morgan fingerprint density at radius 3 is 1.79 bits per heavy atom. The fraction of sp³-hybridized carbons (Fsp3) is 0.222. The molecule has 0 fully saturated rings. The van der Waals surface area contributed by atoms with Crippen LogP contribution in [0.2, 0.25) is 0 Å². The molecule has 0 bridgehead atoms. The summed E-state index contributed by atoms with van der Waals surface area (Å²) in [4.78, 5) is 2.33. The molecular weight excluding hydrogens is 230 g/mol. The fourth-order valence-electron chi connectivity index (χ4n) is 2.30. The third-order valence-electron chi connectivity index (χ3n) is 3.26. The Morgan fingerprint density at radius 1 is 0.947 bits per heavy atom. The molecule has 0 spiro atoms. The number of benzene rings is 2. The third-order valence-corrected chi connectivity index (χ3v) is 3.26. The molecule has 0 aliphatic heterocycles. The Labute approximate surface area is 115 Å².